The van der Waals surface area contributed by atoms with Crippen molar-refractivity contribution in [3.8, 4) is 11.5 Å². The van der Waals surface area contributed by atoms with E-state index in [9.17, 15) is 9.90 Å². The highest BCUT2D eigenvalue weighted by molar-refractivity contribution is 6.07. The lowest BCUT2D eigenvalue weighted by Crippen LogP contribution is -1.97. The Kier molecular flexibility index (Phi) is 5.89. The van der Waals surface area contributed by atoms with Gasteiger partial charge >= 0.3 is 5.97 Å². The summed E-state index contributed by atoms with van der Waals surface area (Å²) in [6.45, 7) is 2.50. The van der Waals surface area contributed by atoms with Gasteiger partial charge in [-0.25, -0.2) is 0 Å². The van der Waals surface area contributed by atoms with Gasteiger partial charge < -0.3 is 14.6 Å². The molecule has 0 aliphatic heterocycles. The van der Waals surface area contributed by atoms with Crippen LogP contribution >= 0.6 is 0 Å². The van der Waals surface area contributed by atoms with Crippen LogP contribution in [0.2, 0.25) is 0 Å². The van der Waals surface area contributed by atoms with Crippen molar-refractivity contribution in [2.24, 2.45) is 0 Å². The zero-order valence-electron chi connectivity index (χ0n) is 17.6. The average molecular weight is 412 g/mol. The molecule has 0 spiro atoms. The molecule has 0 atom stereocenters. The number of benzene rings is 3. The average Bonchev–Trinajstić information content (AvgIpc) is 3.04. The minimum Gasteiger partial charge on any atom is -0.497 e. The van der Waals surface area contributed by atoms with Crippen molar-refractivity contribution in [1.29, 1.82) is 0 Å². The van der Waals surface area contributed by atoms with Gasteiger partial charge in [0.05, 0.1) is 13.5 Å². The number of carboxylic acids is 1. The molecule has 3 aromatic carbocycles. The van der Waals surface area contributed by atoms with Gasteiger partial charge in [0, 0.05) is 0 Å². The topological polar surface area (TPSA) is 55.8 Å². The first-order valence-electron chi connectivity index (χ1n) is 10.1. The van der Waals surface area contributed by atoms with Crippen LogP contribution in [0.5, 0.6) is 11.5 Å². The molecule has 31 heavy (non-hydrogen) atoms. The fraction of sp³-hybridized carbons (Fsp3) is 0.148. The number of allylic oxidation sites excluding steroid dienone is 2. The second-order valence-electron chi connectivity index (χ2n) is 7.49. The van der Waals surface area contributed by atoms with Crippen LogP contribution in [0.15, 0.2) is 78.4 Å². The third kappa shape index (κ3) is 4.53. The van der Waals surface area contributed by atoms with Gasteiger partial charge in [-0.1, -0.05) is 48.5 Å². The van der Waals surface area contributed by atoms with E-state index in [0.717, 1.165) is 50.5 Å². The molecule has 0 saturated heterocycles. The van der Waals surface area contributed by atoms with E-state index in [2.05, 4.69) is 6.08 Å². The molecule has 0 aromatic heterocycles. The Bertz CT molecular complexity index is 1160. The van der Waals surface area contributed by atoms with E-state index in [1.807, 2.05) is 79.7 Å². The smallest absolute Gasteiger partial charge is 0.307 e. The first-order chi connectivity index (χ1) is 15.0. The van der Waals surface area contributed by atoms with E-state index in [1.165, 1.54) is 0 Å². The van der Waals surface area contributed by atoms with E-state index in [1.54, 1.807) is 7.11 Å². The summed E-state index contributed by atoms with van der Waals surface area (Å²) in [5.74, 6) is 0.682. The predicted octanol–water partition coefficient (Wildman–Crippen LogP) is 6.08. The molecule has 0 bridgehead atoms. The van der Waals surface area contributed by atoms with Crippen molar-refractivity contribution in [1.82, 2.24) is 0 Å². The monoisotopic (exact) mass is 412 g/mol. The molecule has 3 aromatic rings. The van der Waals surface area contributed by atoms with Crippen molar-refractivity contribution < 1.29 is 19.4 Å². The molecule has 1 aliphatic rings. The molecule has 0 unspecified atom stereocenters. The Balaban J connectivity index is 1.60. The van der Waals surface area contributed by atoms with Crippen LogP contribution in [0.25, 0.3) is 17.2 Å². The zero-order valence-corrected chi connectivity index (χ0v) is 17.6. The second-order valence-corrected chi connectivity index (χ2v) is 7.49. The van der Waals surface area contributed by atoms with Crippen molar-refractivity contribution in [3.05, 3.63) is 101 Å². The van der Waals surface area contributed by atoms with Crippen LogP contribution in [0.1, 0.15) is 35.6 Å². The van der Waals surface area contributed by atoms with Crippen LogP contribution in [0.4, 0.5) is 0 Å². The maximum Gasteiger partial charge on any atom is 0.307 e. The summed E-state index contributed by atoms with van der Waals surface area (Å²) >= 11 is 0. The maximum atomic E-state index is 11.4. The Labute approximate surface area is 182 Å². The Morgan fingerprint density at radius 3 is 2.32 bits per heavy atom. The fourth-order valence-corrected chi connectivity index (χ4v) is 3.83. The SMILES string of the molecule is COc1ccc2c(c1)C(CC(=O)O)=C(C)C2=Cc1ccc(OCc2ccccc2)cc1. The highest BCUT2D eigenvalue weighted by atomic mass is 16.5. The molecule has 4 nitrogen and oxygen atoms in total. The summed E-state index contributed by atoms with van der Waals surface area (Å²) in [4.78, 5) is 11.4. The number of carboxylic acid groups (broad SMARTS) is 1. The van der Waals surface area contributed by atoms with Crippen LogP contribution in [-0.2, 0) is 11.4 Å². The molecule has 0 heterocycles. The van der Waals surface area contributed by atoms with Gasteiger partial charge in [0.25, 0.3) is 0 Å². The molecule has 0 amide bonds. The minimum atomic E-state index is -0.843. The van der Waals surface area contributed by atoms with E-state index in [4.69, 9.17) is 9.47 Å². The van der Waals surface area contributed by atoms with Gasteiger partial charge in [0.1, 0.15) is 18.1 Å². The lowest BCUT2D eigenvalue weighted by molar-refractivity contribution is -0.135. The lowest BCUT2D eigenvalue weighted by atomic mass is 10.0. The number of aliphatic carboxylic acids is 1. The maximum absolute atomic E-state index is 11.4. The lowest BCUT2D eigenvalue weighted by Gasteiger charge is -2.08. The highest BCUT2D eigenvalue weighted by Gasteiger charge is 2.25. The number of fused-ring (bicyclic) bond motifs is 1. The zero-order chi connectivity index (χ0) is 21.8. The van der Waals surface area contributed by atoms with Crippen LogP contribution in [0.3, 0.4) is 0 Å². The molecular formula is C27H24O4. The number of carbonyl (C=O) groups is 1. The van der Waals surface area contributed by atoms with Gasteiger partial charge in [-0.2, -0.15) is 0 Å². The van der Waals surface area contributed by atoms with E-state index in [0.29, 0.717) is 6.61 Å². The largest absolute Gasteiger partial charge is 0.497 e. The van der Waals surface area contributed by atoms with Crippen molar-refractivity contribution in [2.45, 2.75) is 20.0 Å². The highest BCUT2D eigenvalue weighted by Crippen LogP contribution is 2.44. The standard InChI is InChI=1S/C27H24O4/c1-18-24(23-13-12-22(30-2)15-26(23)25(18)16-27(28)29)14-19-8-10-21(11-9-19)31-17-20-6-4-3-5-7-20/h3-15H,16-17H2,1-2H3,(H,28,29). The number of ether oxygens (including phenoxy) is 2. The fourth-order valence-electron chi connectivity index (χ4n) is 3.83. The van der Waals surface area contributed by atoms with Gasteiger partial charge in [-0.3, -0.25) is 4.79 Å². The molecule has 1 aliphatic carbocycles. The Morgan fingerprint density at radius 1 is 0.935 bits per heavy atom. The van der Waals surface area contributed by atoms with E-state index < -0.39 is 5.97 Å². The molecule has 156 valence electrons. The first-order valence-corrected chi connectivity index (χ1v) is 10.1. The van der Waals surface area contributed by atoms with Crippen molar-refractivity contribution in [2.75, 3.05) is 7.11 Å². The quantitative estimate of drug-likeness (QED) is 0.511. The van der Waals surface area contributed by atoms with Gasteiger partial charge in [-0.15, -0.1) is 0 Å². The summed E-state index contributed by atoms with van der Waals surface area (Å²) in [6.07, 6.45) is 2.08. The molecular weight excluding hydrogens is 388 g/mol. The Hall–Kier alpha value is -3.79. The number of methoxy groups -OCH3 is 1. The third-order valence-corrected chi connectivity index (χ3v) is 5.47. The van der Waals surface area contributed by atoms with E-state index >= 15 is 0 Å². The first kappa shape index (κ1) is 20.5. The summed E-state index contributed by atoms with van der Waals surface area (Å²) in [5, 5.41) is 9.38. The molecule has 1 N–H and O–H groups in total. The summed E-state index contributed by atoms with van der Waals surface area (Å²) < 4.78 is 11.2. The van der Waals surface area contributed by atoms with Gasteiger partial charge in [0.15, 0.2) is 0 Å². The van der Waals surface area contributed by atoms with E-state index in [-0.39, 0.29) is 6.42 Å². The predicted molar refractivity (Wildman–Crippen MR) is 123 cm³/mol. The molecule has 4 heteroatoms. The van der Waals surface area contributed by atoms with Gasteiger partial charge in [0.2, 0.25) is 0 Å². The van der Waals surface area contributed by atoms with Crippen LogP contribution in [0, 0.1) is 0 Å². The summed E-state index contributed by atoms with van der Waals surface area (Å²) in [7, 11) is 1.61. The van der Waals surface area contributed by atoms with Crippen molar-refractivity contribution in [3.63, 3.8) is 0 Å². The molecule has 4 rings (SSSR count). The number of hydrogen-bond acceptors (Lipinski definition) is 3. The summed E-state index contributed by atoms with van der Waals surface area (Å²) in [5.41, 5.74) is 6.95. The number of hydrogen-bond donors (Lipinski definition) is 1. The van der Waals surface area contributed by atoms with Crippen LogP contribution < -0.4 is 9.47 Å². The van der Waals surface area contributed by atoms with Crippen LogP contribution in [-0.4, -0.2) is 18.2 Å². The second kappa shape index (κ2) is 8.92. The molecule has 0 fully saturated rings. The number of rotatable bonds is 7. The summed E-state index contributed by atoms with van der Waals surface area (Å²) in [6, 6.07) is 23.8. The van der Waals surface area contributed by atoms with Crippen molar-refractivity contribution >= 4 is 23.2 Å². The third-order valence-electron chi connectivity index (χ3n) is 5.47. The normalized spacial score (nSPS) is 13.9. The molecule has 0 saturated carbocycles. The Morgan fingerprint density at radius 2 is 1.65 bits per heavy atom. The van der Waals surface area contributed by atoms with Gasteiger partial charge in [-0.05, 0) is 76.2 Å². The minimum absolute atomic E-state index is 0.0182. The molecule has 0 radical (unpaired) electrons.